The number of rotatable bonds is 3. The Morgan fingerprint density at radius 1 is 1.38 bits per heavy atom. The Balaban J connectivity index is 2.23. The van der Waals surface area contributed by atoms with E-state index >= 15 is 0 Å². The van der Waals surface area contributed by atoms with E-state index in [0.717, 1.165) is 36.7 Å². The van der Waals surface area contributed by atoms with Crippen LogP contribution in [-0.4, -0.2) is 23.2 Å². The van der Waals surface area contributed by atoms with E-state index in [-0.39, 0.29) is 11.7 Å². The van der Waals surface area contributed by atoms with Crippen molar-refractivity contribution in [1.82, 2.24) is 14.9 Å². The van der Waals surface area contributed by atoms with Gasteiger partial charge in [-0.3, -0.25) is 4.57 Å². The molecule has 0 saturated carbocycles. The summed E-state index contributed by atoms with van der Waals surface area (Å²) in [6, 6.07) is 4.83. The second kappa shape index (κ2) is 5.48. The van der Waals surface area contributed by atoms with Gasteiger partial charge < -0.3 is 10.1 Å². The number of fused-ring (bicyclic) bond motifs is 1. The standard InChI is InChI=1S/C16H20FN3O/c1-10(2)16-19-13-9-18-7-6-14(13)20(16)15-8-11(21-3)4-5-12(15)17/h4-5,8,10,18H,6-7,9H2,1-3H3. The number of hydrogen-bond donors (Lipinski definition) is 1. The van der Waals surface area contributed by atoms with Crippen LogP contribution in [0.4, 0.5) is 4.39 Å². The summed E-state index contributed by atoms with van der Waals surface area (Å²) in [6.45, 7) is 5.79. The lowest BCUT2D eigenvalue weighted by Gasteiger charge is -2.18. The first-order valence-electron chi connectivity index (χ1n) is 7.27. The smallest absolute Gasteiger partial charge is 0.147 e. The quantitative estimate of drug-likeness (QED) is 0.944. The van der Waals surface area contributed by atoms with Crippen LogP contribution in [0, 0.1) is 5.82 Å². The van der Waals surface area contributed by atoms with E-state index in [4.69, 9.17) is 9.72 Å². The minimum Gasteiger partial charge on any atom is -0.497 e. The van der Waals surface area contributed by atoms with Gasteiger partial charge in [-0.2, -0.15) is 0 Å². The number of ether oxygens (including phenoxy) is 1. The van der Waals surface area contributed by atoms with Crippen molar-refractivity contribution in [1.29, 1.82) is 0 Å². The van der Waals surface area contributed by atoms with E-state index in [1.165, 1.54) is 6.07 Å². The first-order chi connectivity index (χ1) is 10.1. The SMILES string of the molecule is COc1ccc(F)c(-n2c(C(C)C)nc3c2CCNC3)c1. The molecule has 0 aliphatic carbocycles. The Hall–Kier alpha value is -1.88. The molecule has 4 nitrogen and oxygen atoms in total. The molecule has 0 spiro atoms. The van der Waals surface area contributed by atoms with Crippen LogP contribution in [0.15, 0.2) is 18.2 Å². The van der Waals surface area contributed by atoms with E-state index in [0.29, 0.717) is 11.4 Å². The van der Waals surface area contributed by atoms with Crippen molar-refractivity contribution >= 4 is 0 Å². The van der Waals surface area contributed by atoms with Gasteiger partial charge in [-0.15, -0.1) is 0 Å². The summed E-state index contributed by atoms with van der Waals surface area (Å²) in [5.41, 5.74) is 2.64. The number of halogens is 1. The first kappa shape index (κ1) is 14.1. The van der Waals surface area contributed by atoms with Crippen LogP contribution in [-0.2, 0) is 13.0 Å². The fraction of sp³-hybridized carbons (Fsp3) is 0.438. The van der Waals surface area contributed by atoms with Gasteiger partial charge in [-0.25, -0.2) is 9.37 Å². The summed E-state index contributed by atoms with van der Waals surface area (Å²) in [5.74, 6) is 1.52. The molecule has 1 N–H and O–H groups in total. The third kappa shape index (κ3) is 2.42. The molecule has 1 aromatic carbocycles. The number of aromatic nitrogens is 2. The summed E-state index contributed by atoms with van der Waals surface area (Å²) < 4.78 is 21.6. The topological polar surface area (TPSA) is 39.1 Å². The Kier molecular flexibility index (Phi) is 3.68. The van der Waals surface area contributed by atoms with Gasteiger partial charge in [0.25, 0.3) is 0 Å². The molecule has 1 aromatic heterocycles. The molecule has 2 aromatic rings. The number of methoxy groups -OCH3 is 1. The number of benzene rings is 1. The molecule has 0 atom stereocenters. The molecule has 0 saturated heterocycles. The van der Waals surface area contributed by atoms with Crippen molar-refractivity contribution in [2.24, 2.45) is 0 Å². The summed E-state index contributed by atoms with van der Waals surface area (Å²) in [4.78, 5) is 4.72. The van der Waals surface area contributed by atoms with Gasteiger partial charge in [0.15, 0.2) is 0 Å². The van der Waals surface area contributed by atoms with Crippen molar-refractivity contribution in [2.45, 2.75) is 32.7 Å². The van der Waals surface area contributed by atoms with Gasteiger partial charge in [0.05, 0.1) is 18.5 Å². The molecule has 0 bridgehead atoms. The number of hydrogen-bond acceptors (Lipinski definition) is 3. The number of nitrogens with one attached hydrogen (secondary N) is 1. The van der Waals surface area contributed by atoms with E-state index in [1.54, 1.807) is 19.2 Å². The van der Waals surface area contributed by atoms with Gasteiger partial charge in [0.2, 0.25) is 0 Å². The molecule has 0 fully saturated rings. The van der Waals surface area contributed by atoms with Crippen molar-refractivity contribution in [2.75, 3.05) is 13.7 Å². The normalized spacial score (nSPS) is 14.3. The molecule has 5 heteroatoms. The Labute approximate surface area is 124 Å². The predicted molar refractivity (Wildman–Crippen MR) is 79.6 cm³/mol. The zero-order valence-electron chi connectivity index (χ0n) is 12.6. The predicted octanol–water partition coefficient (Wildman–Crippen LogP) is 2.79. The lowest BCUT2D eigenvalue weighted by atomic mass is 10.1. The fourth-order valence-corrected chi connectivity index (χ4v) is 2.78. The van der Waals surface area contributed by atoms with Crippen molar-refractivity contribution in [3.05, 3.63) is 41.2 Å². The maximum absolute atomic E-state index is 14.4. The van der Waals surface area contributed by atoms with Crippen LogP contribution < -0.4 is 10.1 Å². The Morgan fingerprint density at radius 2 is 2.19 bits per heavy atom. The maximum Gasteiger partial charge on any atom is 0.147 e. The van der Waals surface area contributed by atoms with Crippen LogP contribution in [0.1, 0.15) is 37.0 Å². The molecule has 1 aliphatic rings. The van der Waals surface area contributed by atoms with Crippen LogP contribution in [0.2, 0.25) is 0 Å². The monoisotopic (exact) mass is 289 g/mol. The lowest BCUT2D eigenvalue weighted by Crippen LogP contribution is -2.25. The average Bonchev–Trinajstić information content (AvgIpc) is 2.87. The number of imidazole rings is 1. The molecule has 3 rings (SSSR count). The maximum atomic E-state index is 14.4. The summed E-state index contributed by atoms with van der Waals surface area (Å²) >= 11 is 0. The van der Waals surface area contributed by atoms with E-state index < -0.39 is 0 Å². The minimum atomic E-state index is -0.253. The molecule has 112 valence electrons. The third-order valence-electron chi connectivity index (χ3n) is 3.82. The van der Waals surface area contributed by atoms with Crippen LogP contribution in [0.3, 0.4) is 0 Å². The highest BCUT2D eigenvalue weighted by atomic mass is 19.1. The first-order valence-corrected chi connectivity index (χ1v) is 7.27. The minimum absolute atomic E-state index is 0.223. The lowest BCUT2D eigenvalue weighted by molar-refractivity contribution is 0.413. The summed E-state index contributed by atoms with van der Waals surface area (Å²) in [5, 5.41) is 3.31. The molecular formula is C16H20FN3O. The van der Waals surface area contributed by atoms with E-state index in [1.807, 2.05) is 4.57 Å². The van der Waals surface area contributed by atoms with Crippen LogP contribution >= 0.6 is 0 Å². The molecule has 0 radical (unpaired) electrons. The summed E-state index contributed by atoms with van der Waals surface area (Å²) in [6.07, 6.45) is 0.853. The van der Waals surface area contributed by atoms with E-state index in [2.05, 4.69) is 19.2 Å². The second-order valence-corrected chi connectivity index (χ2v) is 5.60. The van der Waals surface area contributed by atoms with Gasteiger partial charge in [0.1, 0.15) is 17.4 Å². The average molecular weight is 289 g/mol. The molecule has 21 heavy (non-hydrogen) atoms. The van der Waals surface area contributed by atoms with Gasteiger partial charge in [-0.05, 0) is 12.1 Å². The van der Waals surface area contributed by atoms with E-state index in [9.17, 15) is 4.39 Å². The van der Waals surface area contributed by atoms with Gasteiger partial charge in [-0.1, -0.05) is 13.8 Å². The van der Waals surface area contributed by atoms with Crippen LogP contribution in [0.25, 0.3) is 5.69 Å². The van der Waals surface area contributed by atoms with Crippen molar-refractivity contribution < 1.29 is 9.13 Å². The van der Waals surface area contributed by atoms with Crippen molar-refractivity contribution in [3.8, 4) is 11.4 Å². The van der Waals surface area contributed by atoms with Crippen LogP contribution in [0.5, 0.6) is 5.75 Å². The largest absolute Gasteiger partial charge is 0.497 e. The zero-order chi connectivity index (χ0) is 15.0. The third-order valence-corrected chi connectivity index (χ3v) is 3.82. The molecule has 1 aliphatic heterocycles. The highest BCUT2D eigenvalue weighted by Crippen LogP contribution is 2.29. The highest BCUT2D eigenvalue weighted by molar-refractivity contribution is 5.45. The number of nitrogens with zero attached hydrogens (tertiary/aromatic N) is 2. The summed E-state index contributed by atoms with van der Waals surface area (Å²) in [7, 11) is 1.59. The second-order valence-electron chi connectivity index (χ2n) is 5.60. The fourth-order valence-electron chi connectivity index (χ4n) is 2.78. The molecule has 2 heterocycles. The Morgan fingerprint density at radius 3 is 2.90 bits per heavy atom. The van der Waals surface area contributed by atoms with Crippen molar-refractivity contribution in [3.63, 3.8) is 0 Å². The Bertz CT molecular complexity index is 664. The molecule has 0 amide bonds. The molecule has 0 unspecified atom stereocenters. The molecular weight excluding hydrogens is 269 g/mol. The zero-order valence-corrected chi connectivity index (χ0v) is 12.6. The van der Waals surface area contributed by atoms with Gasteiger partial charge in [0, 0.05) is 37.2 Å². The highest BCUT2D eigenvalue weighted by Gasteiger charge is 2.24. The van der Waals surface area contributed by atoms with Gasteiger partial charge >= 0.3 is 0 Å².